The molecule has 0 radical (unpaired) electrons. The van der Waals surface area contributed by atoms with Crippen LogP contribution in [0.2, 0.25) is 0 Å². The summed E-state index contributed by atoms with van der Waals surface area (Å²) in [6.07, 6.45) is 5.05. The molecule has 1 aromatic carbocycles. The third kappa shape index (κ3) is 5.91. The molecule has 1 fully saturated rings. The molecule has 2 N–H and O–H groups in total. The van der Waals surface area contributed by atoms with Gasteiger partial charge in [-0.05, 0) is 57.1 Å². The van der Waals surface area contributed by atoms with Gasteiger partial charge >= 0.3 is 5.97 Å². The summed E-state index contributed by atoms with van der Waals surface area (Å²) in [6.45, 7) is 2.95. The van der Waals surface area contributed by atoms with Crippen molar-refractivity contribution < 1.29 is 14.3 Å². The van der Waals surface area contributed by atoms with Gasteiger partial charge in [-0.2, -0.15) is 0 Å². The van der Waals surface area contributed by atoms with Gasteiger partial charge in [0.1, 0.15) is 0 Å². The Morgan fingerprint density at radius 2 is 1.75 bits per heavy atom. The van der Waals surface area contributed by atoms with Crippen LogP contribution in [-0.4, -0.2) is 24.9 Å². The summed E-state index contributed by atoms with van der Waals surface area (Å²) in [5.74, 6) is 0.800. The molecule has 5 heteroatoms. The van der Waals surface area contributed by atoms with Crippen LogP contribution in [0.4, 0.5) is 0 Å². The fourth-order valence-electron chi connectivity index (χ4n) is 3.21. The average Bonchev–Trinajstić information content (AvgIpc) is 2.60. The van der Waals surface area contributed by atoms with Gasteiger partial charge in [-0.15, -0.1) is 12.4 Å². The summed E-state index contributed by atoms with van der Waals surface area (Å²) in [5, 5.41) is 0. The van der Waals surface area contributed by atoms with E-state index in [2.05, 4.69) is 0 Å². The SMILES string of the molecule is CCOC(=O)CCc1ccc(C(=O)C2CCC(CN)CC2)cc1.Cl. The fourth-order valence-corrected chi connectivity index (χ4v) is 3.21. The van der Waals surface area contributed by atoms with Gasteiger partial charge in [0.25, 0.3) is 0 Å². The standard InChI is InChI=1S/C19H27NO3.ClH/c1-2-23-18(21)12-7-14-3-8-16(9-4-14)19(22)17-10-5-15(13-20)6-11-17;/h3-4,8-9,15,17H,2,5-7,10-13,20H2,1H3;1H. The van der Waals surface area contributed by atoms with Crippen LogP contribution in [0.1, 0.15) is 54.9 Å². The van der Waals surface area contributed by atoms with Crippen LogP contribution in [0.25, 0.3) is 0 Å². The molecule has 24 heavy (non-hydrogen) atoms. The van der Waals surface area contributed by atoms with Crippen LogP contribution in [0, 0.1) is 11.8 Å². The van der Waals surface area contributed by atoms with Crippen molar-refractivity contribution >= 4 is 24.2 Å². The molecule has 0 bridgehead atoms. The first kappa shape index (κ1) is 20.7. The summed E-state index contributed by atoms with van der Waals surface area (Å²) < 4.78 is 4.92. The van der Waals surface area contributed by atoms with Crippen LogP contribution in [-0.2, 0) is 16.0 Å². The Kier molecular flexibility index (Phi) is 9.01. The van der Waals surface area contributed by atoms with E-state index in [1.54, 1.807) is 6.92 Å². The number of esters is 1. The minimum absolute atomic E-state index is 0. The van der Waals surface area contributed by atoms with Gasteiger partial charge in [-0.3, -0.25) is 9.59 Å². The topological polar surface area (TPSA) is 69.4 Å². The third-order valence-corrected chi connectivity index (χ3v) is 4.71. The third-order valence-electron chi connectivity index (χ3n) is 4.71. The van der Waals surface area contributed by atoms with Crippen molar-refractivity contribution in [3.63, 3.8) is 0 Å². The van der Waals surface area contributed by atoms with Gasteiger partial charge in [-0.1, -0.05) is 24.3 Å². The van der Waals surface area contributed by atoms with E-state index in [0.29, 0.717) is 25.4 Å². The number of ether oxygens (including phenoxy) is 1. The Balaban J connectivity index is 0.00000288. The van der Waals surface area contributed by atoms with Crippen molar-refractivity contribution in [2.45, 2.75) is 45.4 Å². The molecule has 0 aliphatic heterocycles. The molecule has 0 atom stereocenters. The minimum Gasteiger partial charge on any atom is -0.466 e. The van der Waals surface area contributed by atoms with Gasteiger partial charge in [0, 0.05) is 17.9 Å². The number of hydrogen-bond acceptors (Lipinski definition) is 4. The molecule has 0 amide bonds. The Morgan fingerprint density at radius 1 is 1.12 bits per heavy atom. The van der Waals surface area contributed by atoms with Gasteiger partial charge in [0.15, 0.2) is 5.78 Å². The average molecular weight is 354 g/mol. The molecule has 1 saturated carbocycles. The van der Waals surface area contributed by atoms with E-state index in [-0.39, 0.29) is 30.1 Å². The summed E-state index contributed by atoms with van der Waals surface area (Å²) >= 11 is 0. The molecule has 0 unspecified atom stereocenters. The molecule has 1 aliphatic rings. The maximum Gasteiger partial charge on any atom is 0.306 e. The van der Waals surface area contributed by atoms with E-state index in [0.717, 1.165) is 43.4 Å². The van der Waals surface area contributed by atoms with E-state index < -0.39 is 0 Å². The van der Waals surface area contributed by atoms with E-state index in [4.69, 9.17) is 10.5 Å². The second kappa shape index (κ2) is 10.5. The van der Waals surface area contributed by atoms with Crippen molar-refractivity contribution in [3.05, 3.63) is 35.4 Å². The van der Waals surface area contributed by atoms with Gasteiger partial charge in [0.05, 0.1) is 6.61 Å². The van der Waals surface area contributed by atoms with Crippen molar-refractivity contribution in [2.24, 2.45) is 17.6 Å². The van der Waals surface area contributed by atoms with E-state index in [9.17, 15) is 9.59 Å². The molecular weight excluding hydrogens is 326 g/mol. The van der Waals surface area contributed by atoms with Crippen LogP contribution in [0.5, 0.6) is 0 Å². The Labute approximate surface area is 150 Å². The van der Waals surface area contributed by atoms with Crippen LogP contribution >= 0.6 is 12.4 Å². The number of hydrogen-bond donors (Lipinski definition) is 1. The predicted molar refractivity (Wildman–Crippen MR) is 97.5 cm³/mol. The number of benzene rings is 1. The number of carbonyl (C=O) groups is 2. The second-order valence-electron chi connectivity index (χ2n) is 6.32. The number of rotatable bonds is 7. The maximum absolute atomic E-state index is 12.6. The highest BCUT2D eigenvalue weighted by Crippen LogP contribution is 2.30. The van der Waals surface area contributed by atoms with Gasteiger partial charge in [-0.25, -0.2) is 0 Å². The summed E-state index contributed by atoms with van der Waals surface area (Å²) in [5.41, 5.74) is 7.54. The minimum atomic E-state index is -0.177. The number of nitrogens with two attached hydrogens (primary N) is 1. The first-order chi connectivity index (χ1) is 11.1. The molecule has 1 aromatic rings. The molecule has 0 aromatic heterocycles. The Bertz CT molecular complexity index is 522. The predicted octanol–water partition coefficient (Wildman–Crippen LogP) is 3.55. The molecule has 0 spiro atoms. The molecular formula is C19H28ClNO3. The smallest absolute Gasteiger partial charge is 0.306 e. The zero-order valence-corrected chi connectivity index (χ0v) is 15.1. The van der Waals surface area contributed by atoms with E-state index in [1.165, 1.54) is 0 Å². The first-order valence-corrected chi connectivity index (χ1v) is 8.62. The Hall–Kier alpha value is -1.39. The zero-order chi connectivity index (χ0) is 16.7. The lowest BCUT2D eigenvalue weighted by atomic mass is 9.78. The quantitative estimate of drug-likeness (QED) is 0.601. The van der Waals surface area contributed by atoms with Crippen molar-refractivity contribution in [1.82, 2.24) is 0 Å². The van der Waals surface area contributed by atoms with Crippen molar-refractivity contribution in [3.8, 4) is 0 Å². The van der Waals surface area contributed by atoms with Crippen molar-refractivity contribution in [2.75, 3.05) is 13.2 Å². The number of Topliss-reactive ketones (excluding diaryl/α,β-unsaturated/α-hetero) is 1. The zero-order valence-electron chi connectivity index (χ0n) is 14.3. The van der Waals surface area contributed by atoms with Crippen molar-refractivity contribution in [1.29, 1.82) is 0 Å². The molecule has 4 nitrogen and oxygen atoms in total. The normalized spacial score (nSPS) is 20.1. The fraction of sp³-hybridized carbons (Fsp3) is 0.579. The molecule has 0 heterocycles. The summed E-state index contributed by atoms with van der Waals surface area (Å²) in [4.78, 5) is 23.9. The van der Waals surface area contributed by atoms with Gasteiger partial charge < -0.3 is 10.5 Å². The molecule has 2 rings (SSSR count). The number of ketones is 1. The highest BCUT2D eigenvalue weighted by molar-refractivity contribution is 5.97. The summed E-state index contributed by atoms with van der Waals surface area (Å²) in [6, 6.07) is 7.66. The second-order valence-corrected chi connectivity index (χ2v) is 6.32. The van der Waals surface area contributed by atoms with Crippen LogP contribution in [0.3, 0.4) is 0 Å². The molecule has 1 aliphatic carbocycles. The molecule has 134 valence electrons. The largest absolute Gasteiger partial charge is 0.466 e. The van der Waals surface area contributed by atoms with E-state index >= 15 is 0 Å². The highest BCUT2D eigenvalue weighted by Gasteiger charge is 2.26. The van der Waals surface area contributed by atoms with E-state index in [1.807, 2.05) is 24.3 Å². The number of carbonyl (C=O) groups excluding carboxylic acids is 2. The maximum atomic E-state index is 12.6. The number of aryl methyl sites for hydroxylation is 1. The van der Waals surface area contributed by atoms with Gasteiger partial charge in [0.2, 0.25) is 0 Å². The number of halogens is 1. The first-order valence-electron chi connectivity index (χ1n) is 8.62. The lowest BCUT2D eigenvalue weighted by molar-refractivity contribution is -0.143. The van der Waals surface area contributed by atoms with Crippen LogP contribution < -0.4 is 5.73 Å². The monoisotopic (exact) mass is 353 g/mol. The Morgan fingerprint density at radius 3 is 2.29 bits per heavy atom. The molecule has 0 saturated heterocycles. The lowest BCUT2D eigenvalue weighted by Gasteiger charge is -2.26. The highest BCUT2D eigenvalue weighted by atomic mass is 35.5. The lowest BCUT2D eigenvalue weighted by Crippen LogP contribution is -2.25. The van der Waals surface area contributed by atoms with Crippen LogP contribution in [0.15, 0.2) is 24.3 Å². The summed E-state index contributed by atoms with van der Waals surface area (Å²) in [7, 11) is 0.